The lowest BCUT2D eigenvalue weighted by Crippen LogP contribution is -2.58. The normalized spacial score (nSPS) is 22.4. The maximum atomic E-state index is 13.0. The molecule has 3 fully saturated rings. The van der Waals surface area contributed by atoms with Gasteiger partial charge in [-0.15, -0.1) is 5.06 Å². The second kappa shape index (κ2) is 14.8. The summed E-state index contributed by atoms with van der Waals surface area (Å²) < 4.78 is 50.5. The van der Waals surface area contributed by atoms with Gasteiger partial charge in [0.05, 0.1) is 12.6 Å². The van der Waals surface area contributed by atoms with Crippen molar-refractivity contribution < 1.29 is 37.1 Å². The topological polar surface area (TPSA) is 84.4 Å². The highest BCUT2D eigenvalue weighted by atomic mass is 35.5. The minimum Gasteiger partial charge on any atom is -0.445 e. The van der Waals surface area contributed by atoms with Gasteiger partial charge in [-0.2, -0.15) is 13.2 Å². The molecule has 1 amide bonds. The molecular formula is C31H38ClF3N4O5. The SMILES string of the molecule is O=C(OC[C@H]1CN(C2CCN(c3ccccn3)CC2)[C@@H](Cc2ccc(Cl)cc2)CO1)N(OC(=O)C(F)(F)F)C1CCCCC1. The molecule has 240 valence electrons. The fourth-order valence-electron chi connectivity index (χ4n) is 6.31. The van der Waals surface area contributed by atoms with E-state index in [9.17, 15) is 22.8 Å². The third kappa shape index (κ3) is 8.54. The van der Waals surface area contributed by atoms with Crippen LogP contribution in [0.15, 0.2) is 48.7 Å². The Hall–Kier alpha value is -3.09. The summed E-state index contributed by atoms with van der Waals surface area (Å²) in [7, 11) is 0. The summed E-state index contributed by atoms with van der Waals surface area (Å²) >= 11 is 6.10. The van der Waals surface area contributed by atoms with E-state index in [0.29, 0.717) is 48.9 Å². The molecule has 0 radical (unpaired) electrons. The molecule has 3 aliphatic rings. The number of piperidine rings is 1. The third-order valence-electron chi connectivity index (χ3n) is 8.59. The van der Waals surface area contributed by atoms with E-state index >= 15 is 0 Å². The van der Waals surface area contributed by atoms with Crippen LogP contribution in [0.5, 0.6) is 0 Å². The Bertz CT molecular complexity index is 1230. The Balaban J connectivity index is 1.23. The first-order chi connectivity index (χ1) is 21.2. The summed E-state index contributed by atoms with van der Waals surface area (Å²) in [6, 6.07) is 13.3. The second-order valence-electron chi connectivity index (χ2n) is 11.6. The van der Waals surface area contributed by atoms with Crippen LogP contribution in [0.25, 0.3) is 0 Å². The van der Waals surface area contributed by atoms with E-state index in [-0.39, 0.29) is 18.7 Å². The van der Waals surface area contributed by atoms with Gasteiger partial charge >= 0.3 is 18.2 Å². The summed E-state index contributed by atoms with van der Waals surface area (Å²) in [5.41, 5.74) is 1.12. The Morgan fingerprint density at radius 2 is 1.75 bits per heavy atom. The Morgan fingerprint density at radius 3 is 2.41 bits per heavy atom. The fraction of sp³-hybridized carbons (Fsp3) is 0.581. The van der Waals surface area contributed by atoms with Gasteiger partial charge in [0, 0.05) is 42.9 Å². The van der Waals surface area contributed by atoms with Crippen LogP contribution in [0.4, 0.5) is 23.8 Å². The first-order valence-electron chi connectivity index (χ1n) is 15.2. The molecule has 2 aromatic rings. The number of benzene rings is 1. The summed E-state index contributed by atoms with van der Waals surface area (Å²) in [5, 5.41) is 1.14. The smallest absolute Gasteiger partial charge is 0.445 e. The molecular weight excluding hydrogens is 601 g/mol. The Labute approximate surface area is 260 Å². The first-order valence-corrected chi connectivity index (χ1v) is 15.6. The molecule has 0 bridgehead atoms. The van der Waals surface area contributed by atoms with Gasteiger partial charge in [0.15, 0.2) is 0 Å². The molecule has 2 atom stereocenters. The molecule has 2 aliphatic heterocycles. The predicted molar refractivity (Wildman–Crippen MR) is 157 cm³/mol. The largest absolute Gasteiger partial charge is 0.493 e. The molecule has 2 saturated heterocycles. The van der Waals surface area contributed by atoms with Crippen LogP contribution >= 0.6 is 11.6 Å². The van der Waals surface area contributed by atoms with Crippen LogP contribution in [-0.4, -0.2) is 90.3 Å². The highest BCUT2D eigenvalue weighted by molar-refractivity contribution is 6.30. The van der Waals surface area contributed by atoms with Crippen molar-refractivity contribution in [3.8, 4) is 0 Å². The number of amides is 1. The molecule has 1 aromatic heterocycles. The van der Waals surface area contributed by atoms with Crippen LogP contribution in [-0.2, 0) is 25.5 Å². The van der Waals surface area contributed by atoms with Gasteiger partial charge < -0.3 is 19.2 Å². The average Bonchev–Trinajstić information content (AvgIpc) is 3.04. The molecule has 0 N–H and O–H groups in total. The zero-order chi connectivity index (χ0) is 31.1. The number of carbonyl (C=O) groups excluding carboxylic acids is 2. The van der Waals surface area contributed by atoms with Crippen LogP contribution < -0.4 is 4.90 Å². The van der Waals surface area contributed by atoms with Crippen molar-refractivity contribution in [2.24, 2.45) is 0 Å². The number of alkyl halides is 3. The minimum atomic E-state index is -5.23. The van der Waals surface area contributed by atoms with Crippen molar-refractivity contribution >= 4 is 29.5 Å². The van der Waals surface area contributed by atoms with Gasteiger partial charge in [0.2, 0.25) is 0 Å². The van der Waals surface area contributed by atoms with E-state index in [2.05, 4.69) is 19.6 Å². The third-order valence-corrected chi connectivity index (χ3v) is 8.84. The molecule has 0 spiro atoms. The van der Waals surface area contributed by atoms with Gasteiger partial charge in [-0.25, -0.2) is 14.6 Å². The van der Waals surface area contributed by atoms with Crippen molar-refractivity contribution in [3.63, 3.8) is 0 Å². The van der Waals surface area contributed by atoms with Gasteiger partial charge in [-0.05, 0) is 61.9 Å². The summed E-state index contributed by atoms with van der Waals surface area (Å²) in [4.78, 5) is 38.3. The second-order valence-corrected chi connectivity index (χ2v) is 12.1. The van der Waals surface area contributed by atoms with Gasteiger partial charge in [-0.1, -0.05) is 49.1 Å². The lowest BCUT2D eigenvalue weighted by atomic mass is 9.95. The molecule has 13 heteroatoms. The van der Waals surface area contributed by atoms with Crippen molar-refractivity contribution in [3.05, 3.63) is 59.2 Å². The zero-order valence-corrected chi connectivity index (χ0v) is 25.2. The number of carbonyl (C=O) groups is 2. The van der Waals surface area contributed by atoms with E-state index in [1.807, 2.05) is 42.5 Å². The average molecular weight is 639 g/mol. The molecule has 0 unspecified atom stereocenters. The molecule has 9 nitrogen and oxygen atoms in total. The van der Waals surface area contributed by atoms with Crippen molar-refractivity contribution in [1.29, 1.82) is 0 Å². The lowest BCUT2D eigenvalue weighted by Gasteiger charge is -2.47. The van der Waals surface area contributed by atoms with Gasteiger partial charge in [0.25, 0.3) is 0 Å². The lowest BCUT2D eigenvalue weighted by molar-refractivity contribution is -0.239. The quantitative estimate of drug-likeness (QED) is 0.352. The zero-order valence-electron chi connectivity index (χ0n) is 24.5. The summed E-state index contributed by atoms with van der Waals surface area (Å²) in [6.07, 6.45) is 0.685. The highest BCUT2D eigenvalue weighted by Gasteiger charge is 2.45. The molecule has 5 rings (SSSR count). The fourth-order valence-corrected chi connectivity index (χ4v) is 6.44. The maximum absolute atomic E-state index is 13.0. The number of hydrogen-bond acceptors (Lipinski definition) is 8. The number of ether oxygens (including phenoxy) is 2. The number of anilines is 1. The first kappa shape index (κ1) is 32.3. The number of halogens is 4. The van der Waals surface area contributed by atoms with Gasteiger partial charge in [-0.3, -0.25) is 4.90 Å². The minimum absolute atomic E-state index is 0.0704. The number of morpholine rings is 1. The van der Waals surface area contributed by atoms with Crippen LogP contribution in [0, 0.1) is 0 Å². The summed E-state index contributed by atoms with van der Waals surface area (Å²) in [5.74, 6) is -1.49. The number of nitrogens with zero attached hydrogens (tertiary/aromatic N) is 4. The van der Waals surface area contributed by atoms with Crippen molar-refractivity contribution in [2.45, 2.75) is 81.8 Å². The maximum Gasteiger partial charge on any atom is 0.493 e. The van der Waals surface area contributed by atoms with Gasteiger partial charge in [0.1, 0.15) is 18.5 Å². The number of aromatic nitrogens is 1. The predicted octanol–water partition coefficient (Wildman–Crippen LogP) is 5.81. The van der Waals surface area contributed by atoms with E-state index in [4.69, 9.17) is 21.1 Å². The van der Waals surface area contributed by atoms with E-state index in [1.165, 1.54) is 0 Å². The van der Waals surface area contributed by atoms with Crippen molar-refractivity contribution in [1.82, 2.24) is 14.9 Å². The molecule has 44 heavy (non-hydrogen) atoms. The van der Waals surface area contributed by atoms with Crippen LogP contribution in [0.2, 0.25) is 5.02 Å². The molecule has 1 saturated carbocycles. The number of rotatable bonds is 7. The molecule has 3 heterocycles. The Morgan fingerprint density at radius 1 is 1.02 bits per heavy atom. The summed E-state index contributed by atoms with van der Waals surface area (Å²) in [6.45, 7) is 2.37. The van der Waals surface area contributed by atoms with E-state index in [0.717, 1.165) is 50.2 Å². The van der Waals surface area contributed by atoms with Crippen molar-refractivity contribution in [2.75, 3.05) is 37.7 Å². The van der Waals surface area contributed by atoms with Crippen LogP contribution in [0.3, 0.4) is 0 Å². The molecule has 1 aliphatic carbocycles. The number of hydrogen-bond donors (Lipinski definition) is 0. The van der Waals surface area contributed by atoms with E-state index < -0.39 is 30.4 Å². The monoisotopic (exact) mass is 638 g/mol. The molecule has 1 aromatic carbocycles. The number of hydroxylamine groups is 2. The number of pyridine rings is 1. The standard InChI is InChI=1S/C31H38ClF3N4O5/c32-23-11-9-22(10-12-23)18-26-20-42-27(19-38(26)24-13-16-37(17-14-24)28-8-4-5-15-36-28)21-43-30(41)39(25-6-2-1-3-7-25)44-29(40)31(33,34)35/h4-5,8-12,15,24-27H,1-3,6-7,13-14,16-21H2/t26-,27+/m0/s1. The van der Waals surface area contributed by atoms with Crippen LogP contribution in [0.1, 0.15) is 50.5 Å². The Kier molecular flexibility index (Phi) is 10.9. The highest BCUT2D eigenvalue weighted by Crippen LogP contribution is 2.29. The van der Waals surface area contributed by atoms with E-state index in [1.54, 1.807) is 6.20 Å².